The zero-order valence-electron chi connectivity index (χ0n) is 19.5. The Morgan fingerprint density at radius 1 is 1.08 bits per heavy atom. The maximum atomic E-state index is 14.2. The molecule has 3 aromatic carbocycles. The highest BCUT2D eigenvalue weighted by Gasteiger charge is 2.17. The van der Waals surface area contributed by atoms with E-state index in [1.165, 1.54) is 0 Å². The summed E-state index contributed by atoms with van der Waals surface area (Å²) in [4.78, 5) is 17.6. The second-order valence-electron chi connectivity index (χ2n) is 8.68. The van der Waals surface area contributed by atoms with Crippen LogP contribution in [-0.2, 0) is 6.61 Å². The largest absolute Gasteiger partial charge is 0.489 e. The lowest BCUT2D eigenvalue weighted by Crippen LogP contribution is -2.44. The topological polar surface area (TPSA) is 73.5 Å². The van der Waals surface area contributed by atoms with E-state index in [0.29, 0.717) is 28.0 Å². The quantitative estimate of drug-likeness (QED) is 0.239. The normalized spacial score (nSPS) is 14.3. The Morgan fingerprint density at radius 2 is 1.86 bits per heavy atom. The predicted octanol–water partition coefficient (Wildman–Crippen LogP) is 5.03. The zero-order valence-corrected chi connectivity index (χ0v) is 21.7. The summed E-state index contributed by atoms with van der Waals surface area (Å²) < 4.78 is 33.9. The van der Waals surface area contributed by atoms with Gasteiger partial charge in [0.05, 0.1) is 9.09 Å². The summed E-state index contributed by atoms with van der Waals surface area (Å²) in [5, 5.41) is 10.7. The summed E-state index contributed by atoms with van der Waals surface area (Å²) in [7, 11) is 2.10. The SMILES string of the molecule is CN1CCN(c2cccc(C(=O)Nc3n[nH]c4ccc(OCc5c(F)ccc(F)c5I)cc34)c2)CC1. The number of ether oxygens (including phenoxy) is 1. The number of hydrogen-bond acceptors (Lipinski definition) is 5. The minimum Gasteiger partial charge on any atom is -0.489 e. The lowest BCUT2D eigenvalue weighted by atomic mass is 10.1. The van der Waals surface area contributed by atoms with Gasteiger partial charge in [-0.1, -0.05) is 6.07 Å². The van der Waals surface area contributed by atoms with Crippen molar-refractivity contribution in [3.05, 3.63) is 80.9 Å². The molecule has 5 rings (SSSR count). The van der Waals surface area contributed by atoms with Gasteiger partial charge < -0.3 is 19.9 Å². The standard InChI is InChI=1S/C26H24F2IN5O2/c1-33-9-11-34(12-10-33)17-4-2-3-16(13-17)26(35)30-25-19-14-18(5-8-23(19)31-32-25)36-15-20-21(27)6-7-22(28)24(20)29/h2-8,13-14H,9-12,15H2,1H3,(H2,30,31,32,35). The van der Waals surface area contributed by atoms with Crippen LogP contribution in [0.25, 0.3) is 10.9 Å². The fourth-order valence-corrected chi connectivity index (χ4v) is 4.72. The van der Waals surface area contributed by atoms with Crippen molar-refractivity contribution < 1.29 is 18.3 Å². The van der Waals surface area contributed by atoms with Gasteiger partial charge in [-0.15, -0.1) is 0 Å². The monoisotopic (exact) mass is 603 g/mol. The van der Waals surface area contributed by atoms with E-state index in [9.17, 15) is 13.6 Å². The molecule has 36 heavy (non-hydrogen) atoms. The van der Waals surface area contributed by atoms with Crippen LogP contribution in [0.1, 0.15) is 15.9 Å². The van der Waals surface area contributed by atoms with Crippen LogP contribution in [0.2, 0.25) is 0 Å². The summed E-state index contributed by atoms with van der Waals surface area (Å²) in [6.45, 7) is 3.64. The lowest BCUT2D eigenvalue weighted by Gasteiger charge is -2.34. The number of nitrogens with one attached hydrogen (secondary N) is 2. The summed E-state index contributed by atoms with van der Waals surface area (Å²) in [6.07, 6.45) is 0. The smallest absolute Gasteiger partial charge is 0.256 e. The van der Waals surface area contributed by atoms with Gasteiger partial charge in [-0.25, -0.2) is 8.78 Å². The number of aromatic amines is 1. The number of fused-ring (bicyclic) bond motifs is 1. The van der Waals surface area contributed by atoms with E-state index in [1.807, 2.05) is 18.2 Å². The molecule has 1 aliphatic heterocycles. The molecule has 0 unspecified atom stereocenters. The molecule has 0 bridgehead atoms. The van der Waals surface area contributed by atoms with E-state index >= 15 is 0 Å². The van der Waals surface area contributed by atoms with Crippen LogP contribution in [0.15, 0.2) is 54.6 Å². The van der Waals surface area contributed by atoms with E-state index in [1.54, 1.807) is 46.9 Å². The van der Waals surface area contributed by atoms with Crippen molar-refractivity contribution in [2.75, 3.05) is 43.4 Å². The molecule has 2 N–H and O–H groups in total. The second-order valence-corrected chi connectivity index (χ2v) is 9.76. The van der Waals surface area contributed by atoms with E-state index in [-0.39, 0.29) is 21.6 Å². The molecule has 4 aromatic rings. The molecule has 0 radical (unpaired) electrons. The van der Waals surface area contributed by atoms with E-state index in [4.69, 9.17) is 4.74 Å². The fourth-order valence-electron chi connectivity index (χ4n) is 4.12. The Morgan fingerprint density at radius 3 is 2.67 bits per heavy atom. The number of aromatic nitrogens is 2. The molecule has 0 saturated carbocycles. The van der Waals surface area contributed by atoms with Crippen LogP contribution in [0.4, 0.5) is 20.3 Å². The maximum absolute atomic E-state index is 14.2. The fraction of sp³-hybridized carbons (Fsp3) is 0.231. The third-order valence-corrected chi connectivity index (χ3v) is 7.43. The molecule has 2 heterocycles. The minimum absolute atomic E-state index is 0.133. The van der Waals surface area contributed by atoms with Crippen molar-refractivity contribution in [3.8, 4) is 5.75 Å². The summed E-state index contributed by atoms with van der Waals surface area (Å²) >= 11 is 1.77. The van der Waals surface area contributed by atoms with Crippen LogP contribution >= 0.6 is 22.6 Å². The first-order chi connectivity index (χ1) is 17.4. The van der Waals surface area contributed by atoms with Crippen LogP contribution in [0.5, 0.6) is 5.75 Å². The van der Waals surface area contributed by atoms with Gasteiger partial charge in [0.2, 0.25) is 0 Å². The van der Waals surface area contributed by atoms with Gasteiger partial charge >= 0.3 is 0 Å². The molecular formula is C26H24F2IN5O2. The molecule has 186 valence electrons. The number of likely N-dealkylation sites (N-methyl/N-ethyl adjacent to an activating group) is 1. The third-order valence-electron chi connectivity index (χ3n) is 6.27. The summed E-state index contributed by atoms with van der Waals surface area (Å²) in [5.74, 6) is -0.505. The number of hydrogen-bond donors (Lipinski definition) is 2. The van der Waals surface area contributed by atoms with E-state index < -0.39 is 11.6 Å². The molecule has 0 spiro atoms. The summed E-state index contributed by atoms with van der Waals surface area (Å²) in [5.41, 5.74) is 2.40. The van der Waals surface area contributed by atoms with Crippen LogP contribution in [0, 0.1) is 15.2 Å². The lowest BCUT2D eigenvalue weighted by molar-refractivity contribution is 0.102. The van der Waals surface area contributed by atoms with Crippen molar-refractivity contribution in [3.63, 3.8) is 0 Å². The van der Waals surface area contributed by atoms with Crippen molar-refractivity contribution in [2.24, 2.45) is 0 Å². The maximum Gasteiger partial charge on any atom is 0.256 e. The first-order valence-corrected chi connectivity index (χ1v) is 12.5. The number of nitrogens with zero attached hydrogens (tertiary/aromatic N) is 3. The third kappa shape index (κ3) is 5.14. The van der Waals surface area contributed by atoms with Gasteiger partial charge in [0, 0.05) is 48.4 Å². The number of carbonyl (C=O) groups excluding carboxylic acids is 1. The van der Waals surface area contributed by atoms with Gasteiger partial charge in [-0.3, -0.25) is 9.89 Å². The highest BCUT2D eigenvalue weighted by molar-refractivity contribution is 14.1. The highest BCUT2D eigenvalue weighted by Crippen LogP contribution is 2.28. The van der Waals surface area contributed by atoms with Crippen molar-refractivity contribution >= 4 is 50.9 Å². The van der Waals surface area contributed by atoms with Crippen molar-refractivity contribution in [1.82, 2.24) is 15.1 Å². The number of carbonyl (C=O) groups is 1. The van der Waals surface area contributed by atoms with Gasteiger partial charge in [0.15, 0.2) is 5.82 Å². The molecule has 1 aromatic heterocycles. The molecule has 10 heteroatoms. The number of benzene rings is 3. The number of H-pyrrole nitrogens is 1. The first kappa shape index (κ1) is 24.4. The van der Waals surface area contributed by atoms with Gasteiger partial charge in [-0.2, -0.15) is 5.10 Å². The van der Waals surface area contributed by atoms with Gasteiger partial charge in [0.1, 0.15) is 24.0 Å². The van der Waals surface area contributed by atoms with Crippen molar-refractivity contribution in [1.29, 1.82) is 0 Å². The zero-order chi connectivity index (χ0) is 25.2. The molecule has 1 fully saturated rings. The average Bonchev–Trinajstić information content (AvgIpc) is 3.28. The van der Waals surface area contributed by atoms with Crippen LogP contribution < -0.4 is 15.0 Å². The molecule has 1 aliphatic rings. The van der Waals surface area contributed by atoms with Crippen LogP contribution in [0.3, 0.4) is 0 Å². The molecule has 0 atom stereocenters. The van der Waals surface area contributed by atoms with Crippen LogP contribution in [-0.4, -0.2) is 54.2 Å². The molecule has 1 amide bonds. The Labute approximate surface area is 220 Å². The molecule has 0 aliphatic carbocycles. The number of anilines is 2. The Balaban J connectivity index is 1.32. The molecular weight excluding hydrogens is 579 g/mol. The number of piperazine rings is 1. The number of halogens is 3. The van der Waals surface area contributed by atoms with E-state index in [2.05, 4.69) is 32.4 Å². The minimum atomic E-state index is -0.531. The predicted molar refractivity (Wildman–Crippen MR) is 144 cm³/mol. The van der Waals surface area contributed by atoms with Crippen molar-refractivity contribution in [2.45, 2.75) is 6.61 Å². The van der Waals surface area contributed by atoms with E-state index in [0.717, 1.165) is 44.0 Å². The number of rotatable bonds is 6. The Hall–Kier alpha value is -3.25. The average molecular weight is 603 g/mol. The Kier molecular flexibility index (Phi) is 7.06. The summed E-state index contributed by atoms with van der Waals surface area (Å²) in [6, 6.07) is 14.9. The Bertz CT molecular complexity index is 1420. The molecule has 1 saturated heterocycles. The van der Waals surface area contributed by atoms with Gasteiger partial charge in [-0.05, 0) is 78.2 Å². The second kappa shape index (κ2) is 10.4. The van der Waals surface area contributed by atoms with Gasteiger partial charge in [0.25, 0.3) is 5.91 Å². The molecule has 7 nitrogen and oxygen atoms in total. The first-order valence-electron chi connectivity index (χ1n) is 11.5. The highest BCUT2D eigenvalue weighted by atomic mass is 127. The number of amides is 1.